The van der Waals surface area contributed by atoms with E-state index in [1.165, 1.54) is 17.0 Å². The number of nitrogens with one attached hydrogen (secondary N) is 2. The van der Waals surface area contributed by atoms with Gasteiger partial charge in [0.05, 0.1) is 5.41 Å². The molecule has 2 N–H and O–H groups in total. The summed E-state index contributed by atoms with van der Waals surface area (Å²) >= 11 is 1.55. The zero-order chi connectivity index (χ0) is 17.2. The van der Waals surface area contributed by atoms with Crippen LogP contribution in [0, 0.1) is 5.82 Å². The van der Waals surface area contributed by atoms with Gasteiger partial charge in [-0.15, -0.1) is 11.3 Å². The molecule has 0 bridgehead atoms. The number of nitrogens with zero attached hydrogens (tertiary/aromatic N) is 1. The summed E-state index contributed by atoms with van der Waals surface area (Å²) in [7, 11) is 0. The highest BCUT2D eigenvalue weighted by Gasteiger charge is 2.30. The van der Waals surface area contributed by atoms with Gasteiger partial charge in [0, 0.05) is 11.1 Å². The fourth-order valence-electron chi connectivity index (χ4n) is 2.89. The van der Waals surface area contributed by atoms with Crippen LogP contribution in [0.2, 0.25) is 0 Å². The first-order chi connectivity index (χ1) is 11.5. The molecule has 1 aliphatic heterocycles. The van der Waals surface area contributed by atoms with Gasteiger partial charge in [-0.1, -0.05) is 12.1 Å². The lowest BCUT2D eigenvalue weighted by Gasteiger charge is -2.23. The van der Waals surface area contributed by atoms with Crippen molar-refractivity contribution in [1.29, 1.82) is 0 Å². The number of hydrogen-bond acceptors (Lipinski definition) is 4. The third kappa shape index (κ3) is 3.65. The standard InChI is InChI=1S/C18H22FN3OS/c1-18(2,13-3-5-14(19)6-4-13)16(23)22-17-21-11-15(24-17)12-7-9-20-10-8-12/h3-6,11-12,20H,7-10H2,1-2H3,(H,21,22,23). The van der Waals surface area contributed by atoms with Crippen LogP contribution in [-0.4, -0.2) is 24.0 Å². The molecule has 1 aromatic carbocycles. The normalized spacial score (nSPS) is 16.1. The maximum absolute atomic E-state index is 13.1. The van der Waals surface area contributed by atoms with Gasteiger partial charge < -0.3 is 10.6 Å². The number of anilines is 1. The fourth-order valence-corrected chi connectivity index (χ4v) is 3.87. The summed E-state index contributed by atoms with van der Waals surface area (Å²) in [6, 6.07) is 6.06. The average molecular weight is 347 g/mol. The summed E-state index contributed by atoms with van der Waals surface area (Å²) in [4.78, 5) is 18.2. The number of benzene rings is 1. The highest BCUT2D eigenvalue weighted by Crippen LogP contribution is 2.33. The summed E-state index contributed by atoms with van der Waals surface area (Å²) in [5.74, 6) is 0.0846. The summed E-state index contributed by atoms with van der Waals surface area (Å²) < 4.78 is 13.1. The number of thiazole rings is 1. The Bertz CT molecular complexity index is 705. The van der Waals surface area contributed by atoms with Crippen LogP contribution >= 0.6 is 11.3 Å². The Morgan fingerprint density at radius 2 is 1.96 bits per heavy atom. The topological polar surface area (TPSA) is 54.0 Å². The first-order valence-corrected chi connectivity index (χ1v) is 9.02. The zero-order valence-electron chi connectivity index (χ0n) is 13.9. The van der Waals surface area contributed by atoms with Gasteiger partial charge in [0.2, 0.25) is 5.91 Å². The number of hydrogen-bond donors (Lipinski definition) is 2. The number of piperidine rings is 1. The Labute approximate surface area is 145 Å². The summed E-state index contributed by atoms with van der Waals surface area (Å²) in [6.07, 6.45) is 4.09. The van der Waals surface area contributed by atoms with E-state index >= 15 is 0 Å². The second-order valence-electron chi connectivity index (χ2n) is 6.68. The number of aromatic nitrogens is 1. The Kier molecular flexibility index (Phi) is 4.96. The SMILES string of the molecule is CC(C)(C(=O)Nc1ncc(C2CCNCC2)s1)c1ccc(F)cc1. The molecule has 6 heteroatoms. The van der Waals surface area contributed by atoms with Crippen LogP contribution in [-0.2, 0) is 10.2 Å². The maximum Gasteiger partial charge on any atom is 0.236 e. The highest BCUT2D eigenvalue weighted by atomic mass is 32.1. The van der Waals surface area contributed by atoms with E-state index in [1.54, 1.807) is 23.5 Å². The molecule has 0 unspecified atom stereocenters. The van der Waals surface area contributed by atoms with E-state index in [4.69, 9.17) is 0 Å². The van der Waals surface area contributed by atoms with Gasteiger partial charge in [-0.2, -0.15) is 0 Å². The van der Waals surface area contributed by atoms with E-state index < -0.39 is 5.41 Å². The van der Waals surface area contributed by atoms with Crippen LogP contribution < -0.4 is 10.6 Å². The van der Waals surface area contributed by atoms with Crippen LogP contribution in [0.3, 0.4) is 0 Å². The van der Waals surface area contributed by atoms with Crippen molar-refractivity contribution in [3.8, 4) is 0 Å². The summed E-state index contributed by atoms with van der Waals surface area (Å²) in [5, 5.41) is 6.90. The molecule has 1 aliphatic rings. The summed E-state index contributed by atoms with van der Waals surface area (Å²) in [6.45, 7) is 5.72. The Morgan fingerprint density at radius 1 is 1.29 bits per heavy atom. The van der Waals surface area contributed by atoms with Crippen molar-refractivity contribution in [3.05, 3.63) is 46.7 Å². The molecule has 1 amide bonds. The van der Waals surface area contributed by atoms with Crippen LogP contribution in [0.15, 0.2) is 30.5 Å². The molecule has 128 valence electrons. The lowest BCUT2D eigenvalue weighted by Crippen LogP contribution is -2.34. The van der Waals surface area contributed by atoms with Gasteiger partial charge in [-0.3, -0.25) is 4.79 Å². The van der Waals surface area contributed by atoms with Crippen LogP contribution in [0.25, 0.3) is 0 Å². The maximum atomic E-state index is 13.1. The van der Waals surface area contributed by atoms with Crippen molar-refractivity contribution in [3.63, 3.8) is 0 Å². The van der Waals surface area contributed by atoms with E-state index in [9.17, 15) is 9.18 Å². The van der Waals surface area contributed by atoms with Crippen molar-refractivity contribution in [2.75, 3.05) is 18.4 Å². The van der Waals surface area contributed by atoms with Crippen molar-refractivity contribution in [1.82, 2.24) is 10.3 Å². The monoisotopic (exact) mass is 347 g/mol. The number of carbonyl (C=O) groups excluding carboxylic acids is 1. The number of amides is 1. The van der Waals surface area contributed by atoms with E-state index in [2.05, 4.69) is 15.6 Å². The first-order valence-electron chi connectivity index (χ1n) is 8.21. The van der Waals surface area contributed by atoms with Gasteiger partial charge in [-0.05, 0) is 63.4 Å². The van der Waals surface area contributed by atoms with Crippen molar-refractivity contribution >= 4 is 22.4 Å². The Hall–Kier alpha value is -1.79. The largest absolute Gasteiger partial charge is 0.317 e. The molecule has 0 radical (unpaired) electrons. The number of rotatable bonds is 4. The van der Waals surface area contributed by atoms with Gasteiger partial charge in [-0.25, -0.2) is 9.37 Å². The lowest BCUT2D eigenvalue weighted by atomic mass is 9.84. The van der Waals surface area contributed by atoms with Crippen LogP contribution in [0.4, 0.5) is 9.52 Å². The minimum absolute atomic E-state index is 0.139. The molecule has 3 rings (SSSR count). The molecule has 4 nitrogen and oxygen atoms in total. The van der Waals surface area contributed by atoms with E-state index in [-0.39, 0.29) is 11.7 Å². The van der Waals surface area contributed by atoms with Crippen LogP contribution in [0.5, 0.6) is 0 Å². The third-order valence-electron chi connectivity index (χ3n) is 4.62. The van der Waals surface area contributed by atoms with Gasteiger partial charge in [0.15, 0.2) is 5.13 Å². The zero-order valence-corrected chi connectivity index (χ0v) is 14.8. The molecule has 0 atom stereocenters. The molecular formula is C18H22FN3OS. The molecule has 2 heterocycles. The minimum Gasteiger partial charge on any atom is -0.317 e. The first kappa shape index (κ1) is 17.0. The molecular weight excluding hydrogens is 325 g/mol. The molecule has 1 saturated heterocycles. The smallest absolute Gasteiger partial charge is 0.236 e. The van der Waals surface area contributed by atoms with E-state index in [0.29, 0.717) is 11.0 Å². The van der Waals surface area contributed by atoms with Crippen molar-refractivity contribution in [2.24, 2.45) is 0 Å². The minimum atomic E-state index is -0.756. The third-order valence-corrected chi connectivity index (χ3v) is 5.69. The van der Waals surface area contributed by atoms with Crippen LogP contribution in [0.1, 0.15) is 43.0 Å². The predicted molar refractivity (Wildman–Crippen MR) is 95.0 cm³/mol. The Morgan fingerprint density at radius 3 is 2.62 bits per heavy atom. The lowest BCUT2D eigenvalue weighted by molar-refractivity contribution is -0.120. The fraction of sp³-hybridized carbons (Fsp3) is 0.444. The Balaban J connectivity index is 1.69. The highest BCUT2D eigenvalue weighted by molar-refractivity contribution is 7.15. The van der Waals surface area contributed by atoms with Gasteiger partial charge >= 0.3 is 0 Å². The predicted octanol–water partition coefficient (Wildman–Crippen LogP) is 3.67. The second kappa shape index (κ2) is 6.99. The molecule has 0 saturated carbocycles. The van der Waals surface area contributed by atoms with Crippen molar-refractivity contribution < 1.29 is 9.18 Å². The molecule has 0 aliphatic carbocycles. The summed E-state index contributed by atoms with van der Waals surface area (Å²) in [5.41, 5.74) is 0.0189. The van der Waals surface area contributed by atoms with Gasteiger partial charge in [0.25, 0.3) is 0 Å². The molecule has 0 spiro atoms. The quantitative estimate of drug-likeness (QED) is 0.887. The van der Waals surface area contributed by atoms with Gasteiger partial charge in [0.1, 0.15) is 5.82 Å². The van der Waals surface area contributed by atoms with Crippen molar-refractivity contribution in [2.45, 2.75) is 38.0 Å². The number of halogens is 1. The van der Waals surface area contributed by atoms with E-state index in [0.717, 1.165) is 31.5 Å². The molecule has 1 aromatic heterocycles. The number of carbonyl (C=O) groups is 1. The molecule has 1 fully saturated rings. The molecule has 2 aromatic rings. The molecule has 24 heavy (non-hydrogen) atoms. The average Bonchev–Trinajstić information content (AvgIpc) is 3.04. The second-order valence-corrected chi connectivity index (χ2v) is 7.74. The van der Waals surface area contributed by atoms with E-state index in [1.807, 2.05) is 20.0 Å².